The van der Waals surface area contributed by atoms with Crippen LogP contribution in [0.3, 0.4) is 0 Å². The predicted octanol–water partition coefficient (Wildman–Crippen LogP) is 2.65. The quantitative estimate of drug-likeness (QED) is 0.843. The highest BCUT2D eigenvalue weighted by Gasteiger charge is 2.31. The Labute approximate surface area is 145 Å². The zero-order valence-electron chi connectivity index (χ0n) is 14.2. The molecule has 0 N–H and O–H groups in total. The van der Waals surface area contributed by atoms with Gasteiger partial charge in [0, 0.05) is 42.9 Å². The van der Waals surface area contributed by atoms with E-state index in [9.17, 15) is 9.18 Å². The van der Waals surface area contributed by atoms with Crippen LogP contribution in [0.1, 0.15) is 29.8 Å². The number of rotatable bonds is 2. The second-order valence-electron chi connectivity index (χ2n) is 6.58. The number of hydrogen-bond acceptors (Lipinski definition) is 4. The van der Waals surface area contributed by atoms with Crippen LogP contribution in [0.15, 0.2) is 24.3 Å². The minimum Gasteiger partial charge on any atom is -0.368 e. The molecule has 0 radical (unpaired) electrons. The lowest BCUT2D eigenvalue weighted by Gasteiger charge is -2.31. The van der Waals surface area contributed by atoms with Crippen molar-refractivity contribution in [3.05, 3.63) is 47.0 Å². The van der Waals surface area contributed by atoms with Crippen molar-refractivity contribution in [2.24, 2.45) is 0 Å². The molecule has 1 fully saturated rings. The first kappa shape index (κ1) is 16.1. The van der Waals surface area contributed by atoms with Crippen LogP contribution in [0, 0.1) is 12.7 Å². The van der Waals surface area contributed by atoms with Gasteiger partial charge in [0.1, 0.15) is 11.9 Å². The van der Waals surface area contributed by atoms with Crippen molar-refractivity contribution in [3.63, 3.8) is 0 Å². The molecule has 0 spiro atoms. The van der Waals surface area contributed by atoms with E-state index in [1.165, 1.54) is 12.1 Å². The van der Waals surface area contributed by atoms with Gasteiger partial charge in [0.2, 0.25) is 0 Å². The van der Waals surface area contributed by atoms with Crippen molar-refractivity contribution >= 4 is 5.91 Å². The molecule has 1 aromatic heterocycles. The average molecular weight is 341 g/mol. The van der Waals surface area contributed by atoms with E-state index < -0.39 is 0 Å². The minimum atomic E-state index is -0.301. The van der Waals surface area contributed by atoms with Gasteiger partial charge >= 0.3 is 0 Å². The number of hydrogen-bond donors (Lipinski definition) is 0. The number of carbonyl (C=O) groups excluding carboxylic acids is 1. The first-order valence-corrected chi connectivity index (χ1v) is 8.64. The van der Waals surface area contributed by atoms with E-state index in [1.54, 1.807) is 12.1 Å². The highest BCUT2D eigenvalue weighted by Crippen LogP contribution is 2.26. The Hall–Kier alpha value is -2.34. The molecule has 3 heterocycles. The molecule has 130 valence electrons. The van der Waals surface area contributed by atoms with E-state index in [2.05, 4.69) is 9.97 Å². The van der Waals surface area contributed by atoms with E-state index in [0.717, 1.165) is 29.8 Å². The summed E-state index contributed by atoms with van der Waals surface area (Å²) in [4.78, 5) is 23.6. The molecular weight excluding hydrogens is 321 g/mol. The summed E-state index contributed by atoms with van der Waals surface area (Å²) in [5, 5.41) is 0. The maximum absolute atomic E-state index is 13.5. The third kappa shape index (κ3) is 3.14. The Morgan fingerprint density at radius 1 is 1.36 bits per heavy atom. The monoisotopic (exact) mass is 341 g/mol. The molecule has 0 bridgehead atoms. The van der Waals surface area contributed by atoms with Crippen molar-refractivity contribution < 1.29 is 13.9 Å². The number of fused-ring (bicyclic) bond motifs is 1. The number of nitrogens with zero attached hydrogens (tertiary/aromatic N) is 3. The van der Waals surface area contributed by atoms with Crippen LogP contribution in [-0.4, -0.2) is 40.0 Å². The normalized spacial score (nSPS) is 19.8. The molecule has 1 aromatic carbocycles. The first-order chi connectivity index (χ1) is 12.1. The van der Waals surface area contributed by atoms with Gasteiger partial charge in [-0.3, -0.25) is 4.79 Å². The average Bonchev–Trinajstić information content (AvgIpc) is 3.15. The van der Waals surface area contributed by atoms with Crippen molar-refractivity contribution in [1.82, 2.24) is 14.9 Å². The van der Waals surface area contributed by atoms with Crippen LogP contribution in [0.2, 0.25) is 0 Å². The van der Waals surface area contributed by atoms with Gasteiger partial charge in [-0.1, -0.05) is 12.1 Å². The van der Waals surface area contributed by atoms with E-state index >= 15 is 0 Å². The lowest BCUT2D eigenvalue weighted by Crippen LogP contribution is -2.42. The number of aryl methyl sites for hydroxylation is 1. The van der Waals surface area contributed by atoms with Gasteiger partial charge in [0.15, 0.2) is 5.82 Å². The zero-order valence-corrected chi connectivity index (χ0v) is 14.2. The molecule has 0 saturated carbocycles. The number of carbonyl (C=O) groups is 1. The lowest BCUT2D eigenvalue weighted by molar-refractivity contribution is -0.141. The van der Waals surface area contributed by atoms with Gasteiger partial charge in [-0.2, -0.15) is 0 Å². The maximum atomic E-state index is 13.5. The third-order valence-electron chi connectivity index (χ3n) is 4.87. The molecule has 1 saturated heterocycles. The Morgan fingerprint density at radius 2 is 2.24 bits per heavy atom. The maximum Gasteiger partial charge on any atom is 0.252 e. The van der Waals surface area contributed by atoms with E-state index in [4.69, 9.17) is 4.74 Å². The van der Waals surface area contributed by atoms with Crippen molar-refractivity contribution in [1.29, 1.82) is 0 Å². The number of amides is 1. The number of benzene rings is 1. The van der Waals surface area contributed by atoms with Crippen LogP contribution in [0.4, 0.5) is 4.39 Å². The molecule has 0 aliphatic carbocycles. The number of halogens is 1. The Kier molecular flexibility index (Phi) is 4.21. The van der Waals surface area contributed by atoms with Crippen molar-refractivity contribution in [2.45, 2.75) is 38.8 Å². The topological polar surface area (TPSA) is 55.3 Å². The van der Waals surface area contributed by atoms with Crippen LogP contribution in [0.5, 0.6) is 0 Å². The van der Waals surface area contributed by atoms with Gasteiger partial charge < -0.3 is 9.64 Å². The molecule has 2 aliphatic heterocycles. The molecule has 25 heavy (non-hydrogen) atoms. The van der Waals surface area contributed by atoms with Crippen molar-refractivity contribution in [2.75, 3.05) is 13.2 Å². The Bertz CT molecular complexity index is 818. The summed E-state index contributed by atoms with van der Waals surface area (Å²) in [7, 11) is 0. The predicted molar refractivity (Wildman–Crippen MR) is 90.3 cm³/mol. The Balaban J connectivity index is 1.60. The molecule has 6 heteroatoms. The van der Waals surface area contributed by atoms with Crippen LogP contribution in [-0.2, 0) is 22.5 Å². The molecular formula is C19H20FN3O2. The van der Waals surface area contributed by atoms with Gasteiger partial charge in [0.05, 0.1) is 5.69 Å². The summed E-state index contributed by atoms with van der Waals surface area (Å²) >= 11 is 0. The number of aromatic nitrogens is 2. The summed E-state index contributed by atoms with van der Waals surface area (Å²) in [5.74, 6) is 0.302. The second kappa shape index (κ2) is 6.52. The molecule has 1 amide bonds. The van der Waals surface area contributed by atoms with Crippen LogP contribution in [0.25, 0.3) is 11.4 Å². The highest BCUT2D eigenvalue weighted by atomic mass is 19.1. The third-order valence-corrected chi connectivity index (χ3v) is 4.87. The van der Waals surface area contributed by atoms with Gasteiger partial charge in [-0.25, -0.2) is 14.4 Å². The zero-order chi connectivity index (χ0) is 17.4. The molecule has 0 unspecified atom stereocenters. The summed E-state index contributed by atoms with van der Waals surface area (Å²) < 4.78 is 19.0. The SMILES string of the molecule is Cc1nc(-c2cccc(F)c2)nc2c1CN(C(=O)[C@@H]1CCCO1)CC2. The fourth-order valence-corrected chi connectivity index (χ4v) is 3.50. The fourth-order valence-electron chi connectivity index (χ4n) is 3.50. The van der Waals surface area contributed by atoms with Gasteiger partial charge in [-0.05, 0) is 31.9 Å². The summed E-state index contributed by atoms with van der Waals surface area (Å²) in [6.07, 6.45) is 2.13. The standard InChI is InChI=1S/C19H20FN3O2/c1-12-15-11-23(19(24)17-6-3-9-25-17)8-7-16(15)22-18(21-12)13-4-2-5-14(20)10-13/h2,4-5,10,17H,3,6-9,11H2,1H3/t17-/m0/s1. The molecule has 2 aromatic rings. The molecule has 4 rings (SSSR count). The lowest BCUT2D eigenvalue weighted by atomic mass is 10.0. The molecule has 5 nitrogen and oxygen atoms in total. The van der Waals surface area contributed by atoms with E-state index in [-0.39, 0.29) is 17.8 Å². The van der Waals surface area contributed by atoms with E-state index in [0.29, 0.717) is 37.5 Å². The van der Waals surface area contributed by atoms with Crippen molar-refractivity contribution in [3.8, 4) is 11.4 Å². The minimum absolute atomic E-state index is 0.0664. The summed E-state index contributed by atoms with van der Waals surface area (Å²) in [6.45, 7) is 3.73. The van der Waals surface area contributed by atoms with Gasteiger partial charge in [0.25, 0.3) is 5.91 Å². The molecule has 1 atom stereocenters. The summed E-state index contributed by atoms with van der Waals surface area (Å²) in [6, 6.07) is 6.31. The van der Waals surface area contributed by atoms with E-state index in [1.807, 2.05) is 11.8 Å². The first-order valence-electron chi connectivity index (χ1n) is 8.64. The highest BCUT2D eigenvalue weighted by molar-refractivity contribution is 5.81. The van der Waals surface area contributed by atoms with Gasteiger partial charge in [-0.15, -0.1) is 0 Å². The molecule has 2 aliphatic rings. The Morgan fingerprint density at radius 3 is 3.00 bits per heavy atom. The van der Waals surface area contributed by atoms with Crippen LogP contribution >= 0.6 is 0 Å². The largest absolute Gasteiger partial charge is 0.368 e. The summed E-state index contributed by atoms with van der Waals surface area (Å²) in [5.41, 5.74) is 3.46. The second-order valence-corrected chi connectivity index (χ2v) is 6.58. The fraction of sp³-hybridized carbons (Fsp3) is 0.421. The number of ether oxygens (including phenoxy) is 1. The van der Waals surface area contributed by atoms with Crippen LogP contribution < -0.4 is 0 Å². The smallest absolute Gasteiger partial charge is 0.252 e.